The van der Waals surface area contributed by atoms with Crippen molar-refractivity contribution in [1.29, 1.82) is 0 Å². The van der Waals surface area contributed by atoms with Gasteiger partial charge < -0.3 is 14.2 Å². The molecule has 134 valence electrons. The first-order valence-corrected chi connectivity index (χ1v) is 8.79. The zero-order valence-corrected chi connectivity index (χ0v) is 14.9. The van der Waals surface area contributed by atoms with Gasteiger partial charge in [-0.05, 0) is 6.07 Å². The van der Waals surface area contributed by atoms with Crippen LogP contribution in [-0.4, -0.2) is 39.8 Å². The van der Waals surface area contributed by atoms with Gasteiger partial charge in [0, 0.05) is 24.2 Å². The Balaban J connectivity index is 1.54. The van der Waals surface area contributed by atoms with Crippen LogP contribution in [-0.2, 0) is 4.74 Å². The number of hydrogen-bond acceptors (Lipinski definition) is 7. The van der Waals surface area contributed by atoms with E-state index in [1.165, 1.54) is 0 Å². The molecule has 3 heterocycles. The van der Waals surface area contributed by atoms with Gasteiger partial charge in [0.15, 0.2) is 5.82 Å². The van der Waals surface area contributed by atoms with Crippen LogP contribution < -0.4 is 4.90 Å². The molecular weight excluding hydrogens is 330 g/mol. The molecule has 0 aliphatic carbocycles. The van der Waals surface area contributed by atoms with E-state index in [9.17, 15) is 0 Å². The van der Waals surface area contributed by atoms with Gasteiger partial charge >= 0.3 is 0 Å². The van der Waals surface area contributed by atoms with E-state index in [-0.39, 0.29) is 12.0 Å². The summed E-state index contributed by atoms with van der Waals surface area (Å²) >= 11 is 0. The van der Waals surface area contributed by atoms with Crippen molar-refractivity contribution in [3.05, 3.63) is 54.3 Å². The van der Waals surface area contributed by atoms with E-state index in [0.29, 0.717) is 30.7 Å². The van der Waals surface area contributed by atoms with Gasteiger partial charge in [0.2, 0.25) is 11.7 Å². The SMILES string of the molecule is CC(C)c1nc([C@@H]2CN(c3ccnc(-c4ccccc4)n3)CCO2)no1. The van der Waals surface area contributed by atoms with Crippen LogP contribution in [0.4, 0.5) is 5.82 Å². The molecule has 0 amide bonds. The molecule has 3 aromatic rings. The number of nitrogens with zero attached hydrogens (tertiary/aromatic N) is 5. The first-order valence-electron chi connectivity index (χ1n) is 8.79. The second kappa shape index (κ2) is 7.21. The predicted octanol–water partition coefficient (Wildman–Crippen LogP) is 3.23. The van der Waals surface area contributed by atoms with Gasteiger partial charge in [-0.15, -0.1) is 0 Å². The highest BCUT2D eigenvalue weighted by molar-refractivity contribution is 5.57. The second-order valence-corrected chi connectivity index (χ2v) is 6.56. The molecule has 2 aromatic heterocycles. The standard InChI is InChI=1S/C19H21N5O2/c1-13(2)19-22-18(23-26-19)15-12-24(10-11-25-15)16-8-9-20-17(21-16)14-6-4-3-5-7-14/h3-9,13,15H,10-12H2,1-2H3/t15-/m0/s1. The number of morpholine rings is 1. The fourth-order valence-corrected chi connectivity index (χ4v) is 2.88. The fraction of sp³-hybridized carbons (Fsp3) is 0.368. The zero-order chi connectivity index (χ0) is 17.9. The van der Waals surface area contributed by atoms with Crippen molar-refractivity contribution in [2.75, 3.05) is 24.6 Å². The minimum Gasteiger partial charge on any atom is -0.366 e. The third-order valence-electron chi connectivity index (χ3n) is 4.30. The Morgan fingerprint density at radius 3 is 2.73 bits per heavy atom. The highest BCUT2D eigenvalue weighted by atomic mass is 16.5. The predicted molar refractivity (Wildman–Crippen MR) is 96.8 cm³/mol. The molecule has 7 nitrogen and oxygen atoms in total. The molecule has 1 fully saturated rings. The van der Waals surface area contributed by atoms with Crippen molar-refractivity contribution >= 4 is 5.82 Å². The molecular formula is C19H21N5O2. The lowest BCUT2D eigenvalue weighted by Gasteiger charge is -2.32. The van der Waals surface area contributed by atoms with Crippen LogP contribution >= 0.6 is 0 Å². The van der Waals surface area contributed by atoms with Crippen molar-refractivity contribution in [3.63, 3.8) is 0 Å². The molecule has 0 spiro atoms. The van der Waals surface area contributed by atoms with Gasteiger partial charge in [0.05, 0.1) is 13.2 Å². The van der Waals surface area contributed by atoms with Crippen LogP contribution in [0, 0.1) is 0 Å². The molecule has 1 saturated heterocycles. The number of ether oxygens (including phenoxy) is 1. The number of benzene rings is 1. The average molecular weight is 351 g/mol. The minimum absolute atomic E-state index is 0.200. The normalized spacial score (nSPS) is 17.7. The van der Waals surface area contributed by atoms with E-state index in [0.717, 1.165) is 17.9 Å². The van der Waals surface area contributed by atoms with Crippen LogP contribution in [0.3, 0.4) is 0 Å². The van der Waals surface area contributed by atoms with Gasteiger partial charge in [-0.3, -0.25) is 0 Å². The minimum atomic E-state index is -0.227. The van der Waals surface area contributed by atoms with E-state index >= 15 is 0 Å². The fourth-order valence-electron chi connectivity index (χ4n) is 2.88. The first-order chi connectivity index (χ1) is 12.7. The van der Waals surface area contributed by atoms with Crippen molar-refractivity contribution in [1.82, 2.24) is 20.1 Å². The molecule has 1 atom stereocenters. The summed E-state index contributed by atoms with van der Waals surface area (Å²) in [6.07, 6.45) is 1.57. The summed E-state index contributed by atoms with van der Waals surface area (Å²) in [5, 5.41) is 4.08. The topological polar surface area (TPSA) is 77.2 Å². The Kier molecular flexibility index (Phi) is 4.62. The maximum Gasteiger partial charge on any atom is 0.229 e. The quantitative estimate of drug-likeness (QED) is 0.714. The summed E-state index contributed by atoms with van der Waals surface area (Å²) in [5.74, 6) is 3.02. The zero-order valence-electron chi connectivity index (χ0n) is 14.9. The summed E-state index contributed by atoms with van der Waals surface area (Å²) in [4.78, 5) is 15.8. The van der Waals surface area contributed by atoms with Crippen molar-refractivity contribution in [2.45, 2.75) is 25.9 Å². The largest absolute Gasteiger partial charge is 0.366 e. The number of anilines is 1. The molecule has 0 N–H and O–H groups in total. The molecule has 4 rings (SSSR count). The maximum absolute atomic E-state index is 5.85. The highest BCUT2D eigenvalue weighted by Gasteiger charge is 2.27. The lowest BCUT2D eigenvalue weighted by atomic mass is 10.2. The monoisotopic (exact) mass is 351 g/mol. The Hall–Kier alpha value is -2.80. The Morgan fingerprint density at radius 2 is 1.96 bits per heavy atom. The first kappa shape index (κ1) is 16.7. The lowest BCUT2D eigenvalue weighted by Crippen LogP contribution is -2.39. The van der Waals surface area contributed by atoms with Crippen molar-refractivity contribution in [3.8, 4) is 11.4 Å². The molecule has 1 aliphatic rings. The maximum atomic E-state index is 5.85. The number of aromatic nitrogens is 4. The van der Waals surface area contributed by atoms with Crippen LogP contribution in [0.25, 0.3) is 11.4 Å². The Labute approximate surface area is 152 Å². The number of rotatable bonds is 4. The molecule has 1 aromatic carbocycles. The van der Waals surface area contributed by atoms with Crippen LogP contribution in [0.1, 0.15) is 37.6 Å². The summed E-state index contributed by atoms with van der Waals surface area (Å²) in [5.41, 5.74) is 0.999. The van der Waals surface area contributed by atoms with Crippen LogP contribution in [0.15, 0.2) is 47.1 Å². The average Bonchev–Trinajstić information content (AvgIpc) is 3.20. The molecule has 26 heavy (non-hydrogen) atoms. The van der Waals surface area contributed by atoms with Gasteiger partial charge in [0.1, 0.15) is 11.9 Å². The second-order valence-electron chi connectivity index (χ2n) is 6.56. The lowest BCUT2D eigenvalue weighted by molar-refractivity contribution is 0.0323. The van der Waals surface area contributed by atoms with E-state index < -0.39 is 0 Å². The molecule has 1 aliphatic heterocycles. The summed E-state index contributed by atoms with van der Waals surface area (Å²) in [7, 11) is 0. The van der Waals surface area contributed by atoms with Crippen molar-refractivity contribution < 1.29 is 9.26 Å². The van der Waals surface area contributed by atoms with Crippen LogP contribution in [0.2, 0.25) is 0 Å². The molecule has 0 radical (unpaired) electrons. The number of hydrogen-bond donors (Lipinski definition) is 0. The summed E-state index contributed by atoms with van der Waals surface area (Å²) < 4.78 is 11.2. The summed E-state index contributed by atoms with van der Waals surface area (Å²) in [6, 6.07) is 11.9. The van der Waals surface area contributed by atoms with Gasteiger partial charge in [-0.2, -0.15) is 4.98 Å². The van der Waals surface area contributed by atoms with E-state index in [1.807, 2.05) is 50.2 Å². The Morgan fingerprint density at radius 1 is 1.12 bits per heavy atom. The van der Waals surface area contributed by atoms with E-state index in [1.54, 1.807) is 6.20 Å². The van der Waals surface area contributed by atoms with Gasteiger partial charge in [-0.25, -0.2) is 9.97 Å². The van der Waals surface area contributed by atoms with E-state index in [4.69, 9.17) is 14.2 Å². The third kappa shape index (κ3) is 3.43. The van der Waals surface area contributed by atoms with Gasteiger partial charge in [-0.1, -0.05) is 49.3 Å². The van der Waals surface area contributed by atoms with Crippen molar-refractivity contribution in [2.24, 2.45) is 0 Å². The highest BCUT2D eigenvalue weighted by Crippen LogP contribution is 2.25. The third-order valence-corrected chi connectivity index (χ3v) is 4.30. The smallest absolute Gasteiger partial charge is 0.229 e. The Bertz CT molecular complexity index is 865. The molecule has 0 saturated carbocycles. The molecule has 0 bridgehead atoms. The molecule has 7 heteroatoms. The molecule has 0 unspecified atom stereocenters. The van der Waals surface area contributed by atoms with Gasteiger partial charge in [0.25, 0.3) is 0 Å². The van der Waals surface area contributed by atoms with Crippen LogP contribution in [0.5, 0.6) is 0 Å². The summed E-state index contributed by atoms with van der Waals surface area (Å²) in [6.45, 7) is 6.02. The van der Waals surface area contributed by atoms with E-state index in [2.05, 4.69) is 20.0 Å².